The third kappa shape index (κ3) is 6.69. The van der Waals surface area contributed by atoms with Crippen molar-refractivity contribution in [2.45, 2.75) is 25.3 Å². The van der Waals surface area contributed by atoms with Crippen LogP contribution >= 0.6 is 0 Å². The number of unbranched alkanes of at least 4 members (excludes halogenated alkanes) is 1. The maximum absolute atomic E-state index is 10.1. The van der Waals surface area contributed by atoms with Crippen molar-refractivity contribution in [3.8, 4) is 11.5 Å². The van der Waals surface area contributed by atoms with Crippen molar-refractivity contribution < 1.29 is 14.3 Å². The number of oxazole rings is 1. The number of carbonyl (C=O) groups is 1. The second kappa shape index (κ2) is 9.68. The van der Waals surface area contributed by atoms with Crippen molar-refractivity contribution in [3.63, 3.8) is 0 Å². The Kier molecular flexibility index (Phi) is 7.78. The molecule has 5 N–H and O–H groups in total. The summed E-state index contributed by atoms with van der Waals surface area (Å²) in [6.07, 6.45) is 5.38. The molecule has 0 aliphatic rings. The average molecular weight is 291 g/mol. The molecule has 0 bridgehead atoms. The number of nitrogens with zero attached hydrogens (tertiary/aromatic N) is 1. The third-order valence-corrected chi connectivity index (χ3v) is 2.74. The predicted octanol–water partition coefficient (Wildman–Crippen LogP) is 1.87. The smallest absolute Gasteiger partial charge is 0.320 e. The first-order chi connectivity index (χ1) is 10.1. The Morgan fingerprint density at radius 2 is 2.00 bits per heavy atom. The zero-order valence-corrected chi connectivity index (χ0v) is 11.8. The Balaban J connectivity index is 0.000000212. The zero-order valence-electron chi connectivity index (χ0n) is 11.8. The molecule has 0 fully saturated rings. The van der Waals surface area contributed by atoms with E-state index in [-0.39, 0.29) is 0 Å². The molecule has 0 aliphatic carbocycles. The molecule has 21 heavy (non-hydrogen) atoms. The summed E-state index contributed by atoms with van der Waals surface area (Å²) in [4.78, 5) is 14.2. The maximum Gasteiger partial charge on any atom is 0.320 e. The molecular weight excluding hydrogens is 270 g/mol. The van der Waals surface area contributed by atoms with Crippen LogP contribution in [-0.4, -0.2) is 28.6 Å². The number of carboxylic acids is 1. The number of benzene rings is 1. The number of nitrogens with two attached hydrogens (primary N) is 2. The van der Waals surface area contributed by atoms with Crippen LogP contribution in [0.15, 0.2) is 47.2 Å². The quantitative estimate of drug-likeness (QED) is 0.700. The molecule has 2 rings (SSSR count). The molecule has 0 saturated carbocycles. The van der Waals surface area contributed by atoms with Crippen LogP contribution in [0.25, 0.3) is 11.5 Å². The Hall–Kier alpha value is -2.18. The van der Waals surface area contributed by atoms with Gasteiger partial charge in [-0.05, 0) is 31.5 Å². The van der Waals surface area contributed by atoms with Gasteiger partial charge in [-0.25, -0.2) is 4.98 Å². The van der Waals surface area contributed by atoms with Crippen LogP contribution < -0.4 is 11.5 Å². The summed E-state index contributed by atoms with van der Waals surface area (Å²) in [5.74, 6) is -0.261. The monoisotopic (exact) mass is 291 g/mol. The highest BCUT2D eigenvalue weighted by Crippen LogP contribution is 2.14. The van der Waals surface area contributed by atoms with Crippen LogP contribution in [0, 0.1) is 0 Å². The Bertz CT molecular complexity index is 500. The number of aliphatic carboxylic acids is 1. The number of rotatable bonds is 6. The van der Waals surface area contributed by atoms with E-state index < -0.39 is 12.0 Å². The highest BCUT2D eigenvalue weighted by atomic mass is 16.4. The van der Waals surface area contributed by atoms with E-state index in [9.17, 15) is 4.79 Å². The number of aromatic nitrogens is 1. The van der Waals surface area contributed by atoms with E-state index in [1.165, 1.54) is 0 Å². The van der Waals surface area contributed by atoms with E-state index in [0.29, 0.717) is 18.9 Å². The van der Waals surface area contributed by atoms with Gasteiger partial charge in [0.2, 0.25) is 5.89 Å². The molecule has 1 aromatic heterocycles. The maximum atomic E-state index is 10.1. The van der Waals surface area contributed by atoms with E-state index in [1.807, 2.05) is 30.3 Å². The molecule has 0 saturated heterocycles. The fraction of sp³-hybridized carbons (Fsp3) is 0.333. The largest absolute Gasteiger partial charge is 0.480 e. The molecule has 6 nitrogen and oxygen atoms in total. The molecule has 0 spiro atoms. The minimum Gasteiger partial charge on any atom is -0.480 e. The van der Waals surface area contributed by atoms with E-state index in [1.54, 1.807) is 12.5 Å². The Labute approximate surface area is 123 Å². The van der Waals surface area contributed by atoms with Gasteiger partial charge in [0.05, 0.1) is 6.20 Å². The normalized spacial score (nSPS) is 11.3. The first-order valence-electron chi connectivity index (χ1n) is 6.78. The lowest BCUT2D eigenvalue weighted by atomic mass is 10.1. The summed E-state index contributed by atoms with van der Waals surface area (Å²) in [7, 11) is 0. The minimum absolute atomic E-state index is 0.520. The van der Waals surface area contributed by atoms with Gasteiger partial charge in [0.25, 0.3) is 0 Å². The zero-order chi connectivity index (χ0) is 15.5. The van der Waals surface area contributed by atoms with Gasteiger partial charge in [-0.1, -0.05) is 24.6 Å². The first kappa shape index (κ1) is 16.9. The van der Waals surface area contributed by atoms with E-state index in [2.05, 4.69) is 4.98 Å². The van der Waals surface area contributed by atoms with Gasteiger partial charge in [-0.15, -0.1) is 0 Å². The summed E-state index contributed by atoms with van der Waals surface area (Å²) in [6, 6.07) is 9.09. The van der Waals surface area contributed by atoms with Gasteiger partial charge < -0.3 is 21.0 Å². The standard InChI is InChI=1S/C9H7NO.C6H14N2O2/c1-2-4-8(5-3-1)9-10-6-7-11-9;7-4-2-1-3-5(8)6(9)10/h1-7H;5H,1-4,7-8H2,(H,9,10). The van der Waals surface area contributed by atoms with Gasteiger partial charge in [0, 0.05) is 5.56 Å². The predicted molar refractivity (Wildman–Crippen MR) is 80.5 cm³/mol. The lowest BCUT2D eigenvalue weighted by molar-refractivity contribution is -0.138. The summed E-state index contributed by atoms with van der Waals surface area (Å²) in [5, 5.41) is 8.33. The Morgan fingerprint density at radius 3 is 2.52 bits per heavy atom. The lowest BCUT2D eigenvalue weighted by Gasteiger charge is -2.03. The summed E-state index contributed by atoms with van der Waals surface area (Å²) >= 11 is 0. The molecule has 1 aromatic carbocycles. The van der Waals surface area contributed by atoms with E-state index in [0.717, 1.165) is 18.4 Å². The highest BCUT2D eigenvalue weighted by Gasteiger charge is 2.09. The molecule has 6 heteroatoms. The van der Waals surface area contributed by atoms with Crippen molar-refractivity contribution in [1.29, 1.82) is 0 Å². The molecule has 114 valence electrons. The van der Waals surface area contributed by atoms with Crippen LogP contribution in [0.2, 0.25) is 0 Å². The third-order valence-electron chi connectivity index (χ3n) is 2.74. The minimum atomic E-state index is -0.933. The van der Waals surface area contributed by atoms with Crippen molar-refractivity contribution >= 4 is 5.97 Å². The van der Waals surface area contributed by atoms with Gasteiger partial charge in [0.15, 0.2) is 0 Å². The van der Waals surface area contributed by atoms with Crippen molar-refractivity contribution in [2.75, 3.05) is 6.54 Å². The summed E-state index contributed by atoms with van der Waals surface area (Å²) < 4.78 is 5.11. The second-order valence-electron chi connectivity index (χ2n) is 4.43. The van der Waals surface area contributed by atoms with Crippen LogP contribution in [0.1, 0.15) is 19.3 Å². The molecule has 0 amide bonds. The fourth-order valence-corrected chi connectivity index (χ4v) is 1.58. The summed E-state index contributed by atoms with van der Waals surface area (Å²) in [6.45, 7) is 0.604. The van der Waals surface area contributed by atoms with Gasteiger partial charge >= 0.3 is 5.97 Å². The second-order valence-corrected chi connectivity index (χ2v) is 4.43. The summed E-state index contributed by atoms with van der Waals surface area (Å²) in [5.41, 5.74) is 11.4. The van der Waals surface area contributed by atoms with Gasteiger partial charge in [-0.3, -0.25) is 4.79 Å². The van der Waals surface area contributed by atoms with Gasteiger partial charge in [-0.2, -0.15) is 0 Å². The molecule has 1 heterocycles. The SMILES string of the molecule is NCCCCC(N)C(=O)O.c1ccc(-c2ncco2)cc1. The fourth-order valence-electron chi connectivity index (χ4n) is 1.58. The van der Waals surface area contributed by atoms with E-state index >= 15 is 0 Å². The molecule has 1 atom stereocenters. The molecule has 2 aromatic rings. The Morgan fingerprint density at radius 1 is 1.29 bits per heavy atom. The topological polar surface area (TPSA) is 115 Å². The number of hydrogen-bond donors (Lipinski definition) is 3. The van der Waals surface area contributed by atoms with E-state index in [4.69, 9.17) is 21.0 Å². The first-order valence-corrected chi connectivity index (χ1v) is 6.78. The van der Waals surface area contributed by atoms with Crippen LogP contribution in [-0.2, 0) is 4.79 Å². The molecule has 0 aliphatic heterocycles. The van der Waals surface area contributed by atoms with Crippen LogP contribution in [0.5, 0.6) is 0 Å². The highest BCUT2D eigenvalue weighted by molar-refractivity contribution is 5.72. The van der Waals surface area contributed by atoms with Gasteiger partial charge in [0.1, 0.15) is 12.3 Å². The van der Waals surface area contributed by atoms with Crippen LogP contribution in [0.4, 0.5) is 0 Å². The average Bonchev–Trinajstić information content (AvgIpc) is 3.03. The van der Waals surface area contributed by atoms with Crippen molar-refractivity contribution in [3.05, 3.63) is 42.8 Å². The van der Waals surface area contributed by atoms with Crippen molar-refractivity contribution in [2.24, 2.45) is 11.5 Å². The number of hydrogen-bond acceptors (Lipinski definition) is 5. The van der Waals surface area contributed by atoms with Crippen LogP contribution in [0.3, 0.4) is 0 Å². The number of carboxylic acid groups (broad SMARTS) is 1. The lowest BCUT2D eigenvalue weighted by Crippen LogP contribution is -2.29. The van der Waals surface area contributed by atoms with Crippen molar-refractivity contribution in [1.82, 2.24) is 4.98 Å². The molecular formula is C15H21N3O3. The molecule has 0 radical (unpaired) electrons. The molecule has 1 unspecified atom stereocenters.